The lowest BCUT2D eigenvalue weighted by molar-refractivity contribution is 0.0952. The molecular weight excluding hydrogens is 222 g/mol. The van der Waals surface area contributed by atoms with Crippen molar-refractivity contribution in [2.45, 2.75) is 37.6 Å². The molecule has 1 fully saturated rings. The second kappa shape index (κ2) is 4.56. The topological polar surface area (TPSA) is 43.1 Å². The van der Waals surface area contributed by atoms with Crippen LogP contribution in [0, 0.1) is 0 Å². The normalized spacial score (nSPS) is 18.6. The Hall–Kier alpha value is -0.860. The first kappa shape index (κ1) is 11.6. The van der Waals surface area contributed by atoms with Crippen molar-refractivity contribution in [2.24, 2.45) is 5.73 Å². The molecule has 1 aliphatic carbocycles. The first-order valence-corrected chi connectivity index (χ1v) is 6.05. The number of hydrogen-bond acceptors (Lipinski definition) is 2. The second-order valence-corrected chi connectivity index (χ2v) is 5.06. The molecule has 0 radical (unpaired) electrons. The van der Waals surface area contributed by atoms with E-state index >= 15 is 0 Å². The third kappa shape index (κ3) is 2.45. The van der Waals surface area contributed by atoms with Crippen LogP contribution in [0.3, 0.4) is 0 Å². The van der Waals surface area contributed by atoms with Gasteiger partial charge in [0.25, 0.3) is 0 Å². The second-order valence-electron chi connectivity index (χ2n) is 4.65. The summed E-state index contributed by atoms with van der Waals surface area (Å²) in [4.78, 5) is 12.1. The van der Waals surface area contributed by atoms with Crippen molar-refractivity contribution in [3.63, 3.8) is 0 Å². The molecule has 86 valence electrons. The van der Waals surface area contributed by atoms with E-state index in [2.05, 4.69) is 0 Å². The molecule has 1 aliphatic rings. The van der Waals surface area contributed by atoms with Gasteiger partial charge in [-0.1, -0.05) is 36.6 Å². The van der Waals surface area contributed by atoms with Gasteiger partial charge in [0.1, 0.15) is 0 Å². The van der Waals surface area contributed by atoms with Crippen LogP contribution in [-0.2, 0) is 0 Å². The highest BCUT2D eigenvalue weighted by Crippen LogP contribution is 2.31. The van der Waals surface area contributed by atoms with Crippen LogP contribution in [0.1, 0.15) is 42.5 Å². The Kier molecular flexibility index (Phi) is 3.31. The van der Waals surface area contributed by atoms with Crippen LogP contribution in [0.5, 0.6) is 0 Å². The highest BCUT2D eigenvalue weighted by Gasteiger charge is 2.32. The van der Waals surface area contributed by atoms with Crippen molar-refractivity contribution in [2.75, 3.05) is 0 Å². The van der Waals surface area contributed by atoms with Gasteiger partial charge in [0, 0.05) is 17.5 Å². The molecule has 3 heteroatoms. The van der Waals surface area contributed by atoms with E-state index < -0.39 is 0 Å². The fourth-order valence-electron chi connectivity index (χ4n) is 2.36. The zero-order valence-corrected chi connectivity index (χ0v) is 9.96. The molecule has 0 saturated heterocycles. The highest BCUT2D eigenvalue weighted by atomic mass is 35.5. The minimum Gasteiger partial charge on any atom is -0.325 e. The zero-order valence-electron chi connectivity index (χ0n) is 9.21. The number of nitrogens with two attached hydrogens (primary N) is 1. The summed E-state index contributed by atoms with van der Waals surface area (Å²) in [5, 5.41) is 0.522. The van der Waals surface area contributed by atoms with Gasteiger partial charge in [-0.25, -0.2) is 0 Å². The van der Waals surface area contributed by atoms with Crippen molar-refractivity contribution >= 4 is 17.4 Å². The van der Waals surface area contributed by atoms with Gasteiger partial charge >= 0.3 is 0 Å². The summed E-state index contributed by atoms with van der Waals surface area (Å²) in [6.45, 7) is 0. The third-order valence-corrected chi connectivity index (χ3v) is 3.62. The average molecular weight is 238 g/mol. The number of benzene rings is 1. The summed E-state index contributed by atoms with van der Waals surface area (Å²) >= 11 is 5.99. The van der Waals surface area contributed by atoms with Crippen LogP contribution in [-0.4, -0.2) is 11.3 Å². The van der Waals surface area contributed by atoms with Crippen LogP contribution in [0.15, 0.2) is 24.3 Å². The van der Waals surface area contributed by atoms with Crippen molar-refractivity contribution in [3.8, 4) is 0 Å². The quantitative estimate of drug-likeness (QED) is 0.821. The average Bonchev–Trinajstić information content (AvgIpc) is 2.65. The van der Waals surface area contributed by atoms with E-state index in [0.717, 1.165) is 25.7 Å². The maximum atomic E-state index is 12.1. The predicted molar refractivity (Wildman–Crippen MR) is 65.8 cm³/mol. The van der Waals surface area contributed by atoms with Crippen LogP contribution >= 0.6 is 11.6 Å². The lowest BCUT2D eigenvalue weighted by Gasteiger charge is -2.22. The molecule has 0 aromatic heterocycles. The van der Waals surface area contributed by atoms with Gasteiger partial charge in [-0.3, -0.25) is 4.79 Å². The van der Waals surface area contributed by atoms with E-state index in [4.69, 9.17) is 17.3 Å². The smallest absolute Gasteiger partial charge is 0.166 e. The molecule has 1 aromatic rings. The molecule has 2 nitrogen and oxygen atoms in total. The summed E-state index contributed by atoms with van der Waals surface area (Å²) < 4.78 is 0. The van der Waals surface area contributed by atoms with E-state index in [-0.39, 0.29) is 11.3 Å². The predicted octanol–water partition coefficient (Wildman–Crippen LogP) is 3.18. The minimum atomic E-state index is -0.295. The summed E-state index contributed by atoms with van der Waals surface area (Å²) in [5.41, 5.74) is 6.49. The van der Waals surface area contributed by atoms with Gasteiger partial charge in [0.2, 0.25) is 0 Å². The molecule has 0 amide bonds. The molecular formula is C13H16ClNO. The van der Waals surface area contributed by atoms with Gasteiger partial charge < -0.3 is 5.73 Å². The Labute approximate surface area is 101 Å². The molecule has 2 rings (SSSR count). The maximum Gasteiger partial charge on any atom is 0.166 e. The van der Waals surface area contributed by atoms with Crippen LogP contribution in [0.25, 0.3) is 0 Å². The monoisotopic (exact) mass is 237 g/mol. The Bertz CT molecular complexity index is 397. The summed E-state index contributed by atoms with van der Waals surface area (Å²) in [6.07, 6.45) is 4.57. The van der Waals surface area contributed by atoms with E-state index in [9.17, 15) is 4.79 Å². The van der Waals surface area contributed by atoms with E-state index in [0.29, 0.717) is 17.0 Å². The molecule has 1 aromatic carbocycles. The fraction of sp³-hybridized carbons (Fsp3) is 0.462. The number of halogens is 1. The largest absolute Gasteiger partial charge is 0.325 e. The van der Waals surface area contributed by atoms with Gasteiger partial charge in [-0.15, -0.1) is 0 Å². The first-order chi connectivity index (χ1) is 7.61. The number of carbonyl (C=O) groups is 1. The fourth-order valence-corrected chi connectivity index (χ4v) is 2.60. The summed E-state index contributed by atoms with van der Waals surface area (Å²) in [5.74, 6) is 0.0648. The Balaban J connectivity index is 2.11. The van der Waals surface area contributed by atoms with E-state index in [1.165, 1.54) is 0 Å². The Morgan fingerprint density at radius 2 is 1.94 bits per heavy atom. The van der Waals surface area contributed by atoms with Gasteiger partial charge in [-0.05, 0) is 25.0 Å². The Morgan fingerprint density at radius 1 is 1.31 bits per heavy atom. The number of ketones is 1. The lowest BCUT2D eigenvalue weighted by atomic mass is 9.90. The molecule has 0 unspecified atom stereocenters. The molecule has 16 heavy (non-hydrogen) atoms. The minimum absolute atomic E-state index is 0.0648. The summed E-state index contributed by atoms with van der Waals surface area (Å²) in [6, 6.07) is 7.17. The van der Waals surface area contributed by atoms with Gasteiger partial charge in [-0.2, -0.15) is 0 Å². The van der Waals surface area contributed by atoms with Crippen molar-refractivity contribution in [1.82, 2.24) is 0 Å². The molecule has 0 aliphatic heterocycles. The van der Waals surface area contributed by atoms with E-state index in [1.54, 1.807) is 12.1 Å². The van der Waals surface area contributed by atoms with Crippen LogP contribution in [0.4, 0.5) is 0 Å². The molecule has 0 bridgehead atoms. The zero-order chi connectivity index (χ0) is 11.6. The van der Waals surface area contributed by atoms with Crippen molar-refractivity contribution in [1.29, 1.82) is 0 Å². The van der Waals surface area contributed by atoms with E-state index in [1.807, 2.05) is 12.1 Å². The van der Waals surface area contributed by atoms with Gasteiger partial charge in [0.15, 0.2) is 5.78 Å². The first-order valence-electron chi connectivity index (χ1n) is 5.67. The molecule has 0 atom stereocenters. The van der Waals surface area contributed by atoms with Crippen molar-refractivity contribution in [3.05, 3.63) is 34.9 Å². The number of Topliss-reactive ketones (excluding diaryl/α,β-unsaturated/α-hetero) is 1. The standard InChI is InChI=1S/C13H16ClNO/c14-11-6-2-1-5-10(11)12(16)9-13(15)7-3-4-8-13/h1-2,5-6H,3-4,7-9,15H2. The number of rotatable bonds is 3. The lowest BCUT2D eigenvalue weighted by Crippen LogP contribution is -2.38. The number of carbonyl (C=O) groups excluding carboxylic acids is 1. The van der Waals surface area contributed by atoms with Crippen LogP contribution < -0.4 is 5.73 Å². The van der Waals surface area contributed by atoms with Crippen molar-refractivity contribution < 1.29 is 4.79 Å². The van der Waals surface area contributed by atoms with Gasteiger partial charge in [0.05, 0.1) is 5.02 Å². The van der Waals surface area contributed by atoms with Crippen LogP contribution in [0.2, 0.25) is 5.02 Å². The molecule has 2 N–H and O–H groups in total. The Morgan fingerprint density at radius 3 is 2.56 bits per heavy atom. The molecule has 0 spiro atoms. The maximum absolute atomic E-state index is 12.1. The number of hydrogen-bond donors (Lipinski definition) is 1. The third-order valence-electron chi connectivity index (χ3n) is 3.29. The molecule has 0 heterocycles. The highest BCUT2D eigenvalue weighted by molar-refractivity contribution is 6.33. The SMILES string of the molecule is NC1(CC(=O)c2ccccc2Cl)CCCC1. The summed E-state index contributed by atoms with van der Waals surface area (Å²) in [7, 11) is 0. The molecule has 1 saturated carbocycles.